The first-order chi connectivity index (χ1) is 9.76. The molecule has 0 spiro atoms. The molecule has 1 aromatic rings. The molecule has 0 atom stereocenters. The van der Waals surface area contributed by atoms with Crippen molar-refractivity contribution in [2.24, 2.45) is 0 Å². The van der Waals surface area contributed by atoms with Crippen molar-refractivity contribution < 1.29 is 4.79 Å². The van der Waals surface area contributed by atoms with E-state index in [1.807, 2.05) is 18.2 Å². The van der Waals surface area contributed by atoms with Crippen LogP contribution in [0.25, 0.3) is 0 Å². The van der Waals surface area contributed by atoms with Crippen molar-refractivity contribution in [2.45, 2.75) is 39.5 Å². The fourth-order valence-electron chi connectivity index (χ4n) is 2.31. The van der Waals surface area contributed by atoms with Crippen molar-refractivity contribution in [3.63, 3.8) is 0 Å². The van der Waals surface area contributed by atoms with Crippen molar-refractivity contribution in [3.8, 4) is 0 Å². The number of nitrogens with zero attached hydrogens (tertiary/aromatic N) is 1. The van der Waals surface area contributed by atoms with E-state index < -0.39 is 0 Å². The number of carbonyl (C=O) groups excluding carboxylic acids is 1. The van der Waals surface area contributed by atoms with E-state index in [2.05, 4.69) is 36.2 Å². The largest absolute Gasteiger partial charge is 0.356 e. The monoisotopic (exact) mass is 276 g/mol. The van der Waals surface area contributed by atoms with E-state index >= 15 is 0 Å². The lowest BCUT2D eigenvalue weighted by molar-refractivity contribution is -0.121. The van der Waals surface area contributed by atoms with Gasteiger partial charge in [-0.25, -0.2) is 0 Å². The van der Waals surface area contributed by atoms with Gasteiger partial charge in [0.2, 0.25) is 5.91 Å². The van der Waals surface area contributed by atoms with Gasteiger partial charge in [0.1, 0.15) is 0 Å². The number of nitrogens with one attached hydrogen (secondary N) is 1. The van der Waals surface area contributed by atoms with Crippen LogP contribution in [-0.4, -0.2) is 37.0 Å². The predicted octanol–water partition coefficient (Wildman–Crippen LogP) is 2.86. The van der Waals surface area contributed by atoms with E-state index in [1.165, 1.54) is 5.56 Å². The molecule has 3 nitrogen and oxygen atoms in total. The van der Waals surface area contributed by atoms with Crippen LogP contribution in [0.2, 0.25) is 0 Å². The van der Waals surface area contributed by atoms with Crippen molar-refractivity contribution in [1.29, 1.82) is 0 Å². The minimum atomic E-state index is 0.165. The van der Waals surface area contributed by atoms with Gasteiger partial charge in [-0.1, -0.05) is 44.2 Å². The van der Waals surface area contributed by atoms with Crippen molar-refractivity contribution in [3.05, 3.63) is 35.9 Å². The Morgan fingerprint density at radius 1 is 1.05 bits per heavy atom. The maximum atomic E-state index is 11.8. The molecule has 0 heterocycles. The molecule has 0 aliphatic heterocycles. The summed E-state index contributed by atoms with van der Waals surface area (Å²) in [5.41, 5.74) is 1.27. The van der Waals surface area contributed by atoms with Crippen LogP contribution in [0.15, 0.2) is 30.3 Å². The zero-order valence-corrected chi connectivity index (χ0v) is 12.9. The molecule has 0 radical (unpaired) electrons. The van der Waals surface area contributed by atoms with Gasteiger partial charge in [-0.2, -0.15) is 0 Å². The molecule has 0 fully saturated rings. The molecule has 0 aromatic heterocycles. The Hall–Kier alpha value is -1.35. The lowest BCUT2D eigenvalue weighted by Crippen LogP contribution is -2.32. The average Bonchev–Trinajstić information content (AvgIpc) is 2.46. The maximum Gasteiger partial charge on any atom is 0.221 e. The highest BCUT2D eigenvalue weighted by atomic mass is 16.1. The molecule has 1 aromatic carbocycles. The van der Waals surface area contributed by atoms with Crippen molar-refractivity contribution in [1.82, 2.24) is 10.2 Å². The van der Waals surface area contributed by atoms with Gasteiger partial charge in [-0.05, 0) is 37.9 Å². The van der Waals surface area contributed by atoms with E-state index in [4.69, 9.17) is 0 Å². The Morgan fingerprint density at radius 3 is 2.30 bits per heavy atom. The summed E-state index contributed by atoms with van der Waals surface area (Å²) in [6.07, 6.45) is 3.81. The number of amides is 1. The first-order valence-electron chi connectivity index (χ1n) is 7.79. The first-order valence-corrected chi connectivity index (χ1v) is 7.79. The summed E-state index contributed by atoms with van der Waals surface area (Å²) in [7, 11) is 0. The fraction of sp³-hybridized carbons (Fsp3) is 0.588. The third kappa shape index (κ3) is 7.29. The SMILES string of the molecule is CCCN(CCC)CCC(=O)NCCc1ccccc1. The number of hydrogen-bond donors (Lipinski definition) is 1. The van der Waals surface area contributed by atoms with Crippen molar-refractivity contribution >= 4 is 5.91 Å². The van der Waals surface area contributed by atoms with Gasteiger partial charge in [0.15, 0.2) is 0 Å². The quantitative estimate of drug-likeness (QED) is 0.712. The minimum absolute atomic E-state index is 0.165. The van der Waals surface area contributed by atoms with Gasteiger partial charge >= 0.3 is 0 Å². The van der Waals surface area contributed by atoms with Crippen LogP contribution in [0.5, 0.6) is 0 Å². The third-order valence-corrected chi connectivity index (χ3v) is 3.31. The first kappa shape index (κ1) is 16.7. The Labute approximate surface area is 123 Å². The summed E-state index contributed by atoms with van der Waals surface area (Å²) in [6, 6.07) is 10.3. The average molecular weight is 276 g/mol. The smallest absolute Gasteiger partial charge is 0.221 e. The molecule has 1 N–H and O–H groups in total. The Bertz CT molecular complexity index is 359. The van der Waals surface area contributed by atoms with E-state index in [0.717, 1.165) is 45.4 Å². The summed E-state index contributed by atoms with van der Waals surface area (Å²) in [5, 5.41) is 3.01. The highest BCUT2D eigenvalue weighted by molar-refractivity contribution is 5.76. The second kappa shape index (κ2) is 10.4. The maximum absolute atomic E-state index is 11.8. The fourth-order valence-corrected chi connectivity index (χ4v) is 2.31. The van der Waals surface area contributed by atoms with Gasteiger partial charge < -0.3 is 10.2 Å². The van der Waals surface area contributed by atoms with E-state index in [0.29, 0.717) is 6.42 Å². The van der Waals surface area contributed by atoms with Crippen LogP contribution in [0.1, 0.15) is 38.7 Å². The number of carbonyl (C=O) groups is 1. The molecule has 0 unspecified atom stereocenters. The molecule has 112 valence electrons. The Balaban J connectivity index is 2.16. The summed E-state index contributed by atoms with van der Waals surface area (Å²) >= 11 is 0. The molecule has 0 aliphatic rings. The second-order valence-electron chi connectivity index (χ2n) is 5.18. The third-order valence-electron chi connectivity index (χ3n) is 3.31. The minimum Gasteiger partial charge on any atom is -0.356 e. The van der Waals surface area contributed by atoms with Crippen LogP contribution in [-0.2, 0) is 11.2 Å². The van der Waals surface area contributed by atoms with Gasteiger partial charge in [0.05, 0.1) is 0 Å². The van der Waals surface area contributed by atoms with Crippen LogP contribution in [0.4, 0.5) is 0 Å². The highest BCUT2D eigenvalue weighted by Crippen LogP contribution is 1.99. The van der Waals surface area contributed by atoms with Crippen LogP contribution in [0, 0.1) is 0 Å². The molecule has 1 amide bonds. The van der Waals surface area contributed by atoms with Crippen molar-refractivity contribution in [2.75, 3.05) is 26.2 Å². The second-order valence-corrected chi connectivity index (χ2v) is 5.18. The van der Waals surface area contributed by atoms with Gasteiger partial charge in [0.25, 0.3) is 0 Å². The Kier molecular flexibility index (Phi) is 8.72. The van der Waals surface area contributed by atoms with E-state index in [1.54, 1.807) is 0 Å². The summed E-state index contributed by atoms with van der Waals surface area (Å²) < 4.78 is 0. The van der Waals surface area contributed by atoms with E-state index in [-0.39, 0.29) is 5.91 Å². The highest BCUT2D eigenvalue weighted by Gasteiger charge is 2.06. The molecule has 0 saturated heterocycles. The zero-order valence-electron chi connectivity index (χ0n) is 12.9. The topological polar surface area (TPSA) is 32.3 Å². The molecule has 1 rings (SSSR count). The number of rotatable bonds is 10. The summed E-state index contributed by atoms with van der Waals surface area (Å²) in [6.45, 7) is 8.14. The molecular formula is C17H28N2O. The van der Waals surface area contributed by atoms with Gasteiger partial charge in [-0.15, -0.1) is 0 Å². The standard InChI is InChI=1S/C17H28N2O/c1-3-13-19(14-4-2)15-11-17(20)18-12-10-16-8-6-5-7-9-16/h5-9H,3-4,10-15H2,1-2H3,(H,18,20). The lowest BCUT2D eigenvalue weighted by atomic mass is 10.1. The molecule has 0 saturated carbocycles. The number of benzene rings is 1. The molecule has 0 bridgehead atoms. The van der Waals surface area contributed by atoms with Crippen LogP contribution in [0.3, 0.4) is 0 Å². The van der Waals surface area contributed by atoms with Gasteiger partial charge in [0, 0.05) is 19.5 Å². The normalized spacial score (nSPS) is 10.8. The Morgan fingerprint density at radius 2 is 1.70 bits per heavy atom. The summed E-state index contributed by atoms with van der Waals surface area (Å²) in [4.78, 5) is 14.2. The van der Waals surface area contributed by atoms with Crippen LogP contribution >= 0.6 is 0 Å². The number of hydrogen-bond acceptors (Lipinski definition) is 2. The molecular weight excluding hydrogens is 248 g/mol. The van der Waals surface area contributed by atoms with Crippen LogP contribution < -0.4 is 5.32 Å². The molecule has 3 heteroatoms. The van der Waals surface area contributed by atoms with E-state index in [9.17, 15) is 4.79 Å². The predicted molar refractivity (Wildman–Crippen MR) is 84.8 cm³/mol. The van der Waals surface area contributed by atoms with Gasteiger partial charge in [-0.3, -0.25) is 4.79 Å². The summed E-state index contributed by atoms with van der Waals surface area (Å²) in [5.74, 6) is 0.165. The molecule has 20 heavy (non-hydrogen) atoms. The molecule has 0 aliphatic carbocycles. The zero-order chi connectivity index (χ0) is 14.6. The lowest BCUT2D eigenvalue weighted by Gasteiger charge is -2.20.